The number of hydrogen-bond acceptors (Lipinski definition) is 5. The normalized spacial score (nSPS) is 15.9. The van der Waals surface area contributed by atoms with Gasteiger partial charge in [0.25, 0.3) is 0 Å². The molecule has 0 radical (unpaired) electrons. The molecule has 0 rings (SSSR count). The Hall–Kier alpha value is -1.96. The highest BCUT2D eigenvalue weighted by Crippen LogP contribution is 2.24. The Kier molecular flexibility index (Phi) is 4.13. The molecule has 0 aromatic carbocycles. The number of rotatable bonds is 6. The number of carboxylic acid groups (broad SMARTS) is 3. The molecule has 8 heteroatoms. The molecule has 0 aliphatic carbocycles. The summed E-state index contributed by atoms with van der Waals surface area (Å²) in [7, 11) is 0. The van der Waals surface area contributed by atoms with Crippen LogP contribution in [0, 0.1) is 5.92 Å². The predicted molar refractivity (Wildman–Crippen MR) is 46.6 cm³/mol. The third kappa shape index (κ3) is 2.76. The van der Waals surface area contributed by atoms with E-state index < -0.39 is 41.6 Å². The van der Waals surface area contributed by atoms with E-state index in [4.69, 9.17) is 15.3 Å². The molecule has 90 valence electrons. The van der Waals surface area contributed by atoms with Gasteiger partial charge in [0.05, 0.1) is 6.42 Å². The topological polar surface area (TPSA) is 149 Å². The van der Waals surface area contributed by atoms with Gasteiger partial charge in [0, 0.05) is 0 Å². The standard InChI is InChI=1S/C8H10O8/c1-3(9)5(6(12)13)8(16,7(14)15)2-4(10)11/h5,16H,2H2,1H3,(H,10,11)(H,12,13)(H,14,15)/t5-,8?/m1/s1. The van der Waals surface area contributed by atoms with Crippen molar-refractivity contribution >= 4 is 23.7 Å². The van der Waals surface area contributed by atoms with E-state index >= 15 is 0 Å². The van der Waals surface area contributed by atoms with Crippen LogP contribution in [0.25, 0.3) is 0 Å². The van der Waals surface area contributed by atoms with Crippen LogP contribution in [0.15, 0.2) is 0 Å². The Morgan fingerprint density at radius 2 is 1.56 bits per heavy atom. The third-order valence-electron chi connectivity index (χ3n) is 1.92. The van der Waals surface area contributed by atoms with Gasteiger partial charge in [0.15, 0.2) is 11.5 Å². The molecule has 0 saturated heterocycles. The summed E-state index contributed by atoms with van der Waals surface area (Å²) in [5.41, 5.74) is -3.15. The molecule has 0 aromatic rings. The zero-order valence-corrected chi connectivity index (χ0v) is 8.21. The number of aliphatic hydroxyl groups is 1. The number of carbonyl (C=O) groups is 4. The van der Waals surface area contributed by atoms with E-state index in [0.29, 0.717) is 0 Å². The van der Waals surface area contributed by atoms with Gasteiger partial charge in [-0.25, -0.2) is 4.79 Å². The van der Waals surface area contributed by atoms with Gasteiger partial charge in [-0.1, -0.05) is 0 Å². The van der Waals surface area contributed by atoms with Crippen LogP contribution < -0.4 is 0 Å². The monoisotopic (exact) mass is 234 g/mol. The third-order valence-corrected chi connectivity index (χ3v) is 1.92. The molecule has 0 bridgehead atoms. The number of carbonyl (C=O) groups excluding carboxylic acids is 1. The van der Waals surface area contributed by atoms with Crippen molar-refractivity contribution in [3.8, 4) is 0 Å². The van der Waals surface area contributed by atoms with Gasteiger partial charge in [-0.2, -0.15) is 0 Å². The maximum Gasteiger partial charge on any atom is 0.337 e. The van der Waals surface area contributed by atoms with Crippen molar-refractivity contribution in [2.24, 2.45) is 5.92 Å². The molecule has 0 amide bonds. The minimum absolute atomic E-state index is 0.758. The first-order valence-corrected chi connectivity index (χ1v) is 4.03. The van der Waals surface area contributed by atoms with Crippen molar-refractivity contribution in [1.82, 2.24) is 0 Å². The summed E-state index contributed by atoms with van der Waals surface area (Å²) >= 11 is 0. The summed E-state index contributed by atoms with van der Waals surface area (Å²) in [6, 6.07) is 0. The van der Waals surface area contributed by atoms with E-state index in [1.54, 1.807) is 0 Å². The van der Waals surface area contributed by atoms with E-state index in [9.17, 15) is 24.3 Å². The lowest BCUT2D eigenvalue weighted by atomic mass is 9.82. The van der Waals surface area contributed by atoms with E-state index in [1.807, 2.05) is 0 Å². The molecule has 0 fully saturated rings. The highest BCUT2D eigenvalue weighted by molar-refractivity contribution is 6.04. The lowest BCUT2D eigenvalue weighted by molar-refractivity contribution is -0.180. The number of ketones is 1. The fraction of sp³-hybridized carbons (Fsp3) is 0.500. The maximum absolute atomic E-state index is 10.9. The van der Waals surface area contributed by atoms with Gasteiger partial charge in [0.1, 0.15) is 5.78 Å². The summed E-state index contributed by atoms with van der Waals surface area (Å²) in [5, 5.41) is 35.1. The van der Waals surface area contributed by atoms with Gasteiger partial charge >= 0.3 is 17.9 Å². The minimum atomic E-state index is -3.15. The smallest absolute Gasteiger partial charge is 0.337 e. The summed E-state index contributed by atoms with van der Waals surface area (Å²) in [6.07, 6.45) is -1.38. The van der Waals surface area contributed by atoms with Crippen LogP contribution in [0.2, 0.25) is 0 Å². The Balaban J connectivity index is 5.46. The lowest BCUT2D eigenvalue weighted by Gasteiger charge is -2.26. The van der Waals surface area contributed by atoms with Crippen LogP contribution in [0.5, 0.6) is 0 Å². The molecule has 4 N–H and O–H groups in total. The molecule has 16 heavy (non-hydrogen) atoms. The summed E-state index contributed by atoms with van der Waals surface area (Å²) < 4.78 is 0. The quantitative estimate of drug-likeness (QED) is 0.408. The van der Waals surface area contributed by atoms with E-state index in [2.05, 4.69) is 0 Å². The SMILES string of the molecule is CC(=O)[C@H](C(=O)O)C(O)(CC(=O)O)C(=O)O. The molecule has 0 spiro atoms. The van der Waals surface area contributed by atoms with Gasteiger partial charge in [-0.05, 0) is 6.92 Å². The summed E-state index contributed by atoms with van der Waals surface area (Å²) in [6.45, 7) is 0.758. The second-order valence-corrected chi connectivity index (χ2v) is 3.18. The van der Waals surface area contributed by atoms with Crippen molar-refractivity contribution < 1.29 is 39.6 Å². The molecular weight excluding hydrogens is 224 g/mol. The largest absolute Gasteiger partial charge is 0.481 e. The fourth-order valence-corrected chi connectivity index (χ4v) is 1.25. The van der Waals surface area contributed by atoms with Gasteiger partial charge < -0.3 is 20.4 Å². The lowest BCUT2D eigenvalue weighted by Crippen LogP contribution is -2.53. The molecule has 0 aliphatic heterocycles. The van der Waals surface area contributed by atoms with E-state index in [0.717, 1.165) is 6.92 Å². The van der Waals surface area contributed by atoms with Crippen molar-refractivity contribution in [2.45, 2.75) is 18.9 Å². The summed E-state index contributed by atoms with van der Waals surface area (Å²) in [4.78, 5) is 42.6. The molecule has 2 atom stereocenters. The number of hydrogen-bond donors (Lipinski definition) is 4. The second-order valence-electron chi connectivity index (χ2n) is 3.18. The Labute approximate surface area is 89.1 Å². The zero-order valence-electron chi connectivity index (χ0n) is 8.21. The molecule has 0 heterocycles. The summed E-state index contributed by atoms with van der Waals surface area (Å²) in [5.74, 6) is -9.15. The highest BCUT2D eigenvalue weighted by atomic mass is 16.4. The molecule has 0 aliphatic rings. The van der Waals surface area contributed by atoms with Crippen LogP contribution in [-0.2, 0) is 19.2 Å². The first-order chi connectivity index (χ1) is 7.12. The minimum Gasteiger partial charge on any atom is -0.481 e. The van der Waals surface area contributed by atoms with Crippen molar-refractivity contribution in [3.05, 3.63) is 0 Å². The van der Waals surface area contributed by atoms with Gasteiger partial charge in [-0.3, -0.25) is 14.4 Å². The fourth-order valence-electron chi connectivity index (χ4n) is 1.25. The van der Waals surface area contributed by atoms with Crippen LogP contribution >= 0.6 is 0 Å². The number of Topliss-reactive ketones (excluding diaryl/α,β-unsaturated/α-hetero) is 1. The predicted octanol–water partition coefficient (Wildman–Crippen LogP) is -1.43. The molecule has 8 nitrogen and oxygen atoms in total. The van der Waals surface area contributed by atoms with E-state index in [1.165, 1.54) is 0 Å². The molecule has 0 saturated carbocycles. The maximum atomic E-state index is 10.9. The zero-order chi connectivity index (χ0) is 13.1. The number of aliphatic carboxylic acids is 3. The van der Waals surface area contributed by atoms with Gasteiger partial charge in [0.2, 0.25) is 0 Å². The first-order valence-electron chi connectivity index (χ1n) is 4.03. The average Bonchev–Trinajstić information content (AvgIpc) is 1.99. The molecule has 0 aromatic heterocycles. The van der Waals surface area contributed by atoms with Crippen molar-refractivity contribution in [2.75, 3.05) is 0 Å². The van der Waals surface area contributed by atoms with Crippen LogP contribution in [0.4, 0.5) is 0 Å². The van der Waals surface area contributed by atoms with E-state index in [-0.39, 0.29) is 0 Å². The second kappa shape index (κ2) is 4.71. The Morgan fingerprint density at radius 3 is 1.75 bits per heavy atom. The average molecular weight is 234 g/mol. The molecule has 1 unspecified atom stereocenters. The first kappa shape index (κ1) is 14.0. The van der Waals surface area contributed by atoms with Crippen LogP contribution in [-0.4, -0.2) is 49.7 Å². The number of carboxylic acids is 3. The molecular formula is C8H10O8. The Morgan fingerprint density at radius 1 is 1.12 bits per heavy atom. The van der Waals surface area contributed by atoms with Crippen molar-refractivity contribution in [3.63, 3.8) is 0 Å². The van der Waals surface area contributed by atoms with Gasteiger partial charge in [-0.15, -0.1) is 0 Å². The Bertz CT molecular complexity index is 332. The van der Waals surface area contributed by atoms with Crippen LogP contribution in [0.3, 0.4) is 0 Å². The van der Waals surface area contributed by atoms with Crippen molar-refractivity contribution in [1.29, 1.82) is 0 Å². The highest BCUT2D eigenvalue weighted by Gasteiger charge is 2.52. The van der Waals surface area contributed by atoms with Crippen LogP contribution in [0.1, 0.15) is 13.3 Å².